The molecule has 0 aliphatic rings. The molecule has 5 heteroatoms. The maximum atomic E-state index is 13.5. The fourth-order valence-corrected chi connectivity index (χ4v) is 1.90. The first kappa shape index (κ1) is 11.8. The lowest BCUT2D eigenvalue weighted by molar-refractivity contribution is 0.182. The first-order valence-corrected chi connectivity index (χ1v) is 5.62. The Morgan fingerprint density at radius 3 is 2.79 bits per heavy atom. The Labute approximate surface area is 107 Å². The second-order valence-electron chi connectivity index (χ2n) is 4.10. The molecule has 3 aromatic rings. The number of pyridine rings is 1. The van der Waals surface area contributed by atoms with Crippen LogP contribution in [0, 0.1) is 11.6 Å². The number of halogens is 2. The molecule has 0 saturated carbocycles. The molecule has 1 aromatic carbocycles. The minimum Gasteiger partial charge on any atom is -0.458 e. The molecule has 1 N–H and O–H groups in total. The Morgan fingerprint density at radius 1 is 1.16 bits per heavy atom. The van der Waals surface area contributed by atoms with E-state index in [0.29, 0.717) is 11.0 Å². The Kier molecular flexibility index (Phi) is 2.76. The van der Waals surface area contributed by atoms with Crippen LogP contribution in [-0.4, -0.2) is 10.1 Å². The lowest BCUT2D eigenvalue weighted by atomic mass is 10.1. The fourth-order valence-electron chi connectivity index (χ4n) is 1.90. The van der Waals surface area contributed by atoms with Gasteiger partial charge in [0.1, 0.15) is 28.7 Å². The van der Waals surface area contributed by atoms with Crippen molar-refractivity contribution in [3.05, 3.63) is 65.7 Å². The van der Waals surface area contributed by atoms with Crippen LogP contribution in [0.25, 0.3) is 11.0 Å². The van der Waals surface area contributed by atoms with Gasteiger partial charge in [0, 0.05) is 11.6 Å². The van der Waals surface area contributed by atoms with Crippen molar-refractivity contribution in [3.8, 4) is 0 Å². The van der Waals surface area contributed by atoms with Gasteiger partial charge < -0.3 is 9.52 Å². The van der Waals surface area contributed by atoms with Crippen molar-refractivity contribution in [2.24, 2.45) is 0 Å². The second-order valence-corrected chi connectivity index (χ2v) is 4.10. The van der Waals surface area contributed by atoms with Crippen LogP contribution in [0.1, 0.15) is 17.6 Å². The summed E-state index contributed by atoms with van der Waals surface area (Å²) < 4.78 is 31.9. The third-order valence-corrected chi connectivity index (χ3v) is 2.81. The number of nitrogens with zero attached hydrogens (tertiary/aromatic N) is 1. The van der Waals surface area contributed by atoms with Crippen molar-refractivity contribution in [1.29, 1.82) is 0 Å². The van der Waals surface area contributed by atoms with E-state index in [4.69, 9.17) is 4.42 Å². The molecule has 2 heterocycles. The Bertz CT molecular complexity index is 739. The van der Waals surface area contributed by atoms with Crippen LogP contribution in [-0.2, 0) is 0 Å². The second kappa shape index (κ2) is 4.44. The van der Waals surface area contributed by atoms with Gasteiger partial charge in [0.15, 0.2) is 6.10 Å². The van der Waals surface area contributed by atoms with Crippen molar-refractivity contribution in [2.75, 3.05) is 0 Å². The minimum absolute atomic E-state index is 0.123. The van der Waals surface area contributed by atoms with Gasteiger partial charge in [0.25, 0.3) is 0 Å². The molecule has 3 rings (SSSR count). The maximum Gasteiger partial charge on any atom is 0.156 e. The number of hydrogen-bond donors (Lipinski definition) is 1. The summed E-state index contributed by atoms with van der Waals surface area (Å²) in [6.07, 6.45) is 0.0564. The molecule has 0 radical (unpaired) electrons. The van der Waals surface area contributed by atoms with Crippen LogP contribution < -0.4 is 0 Å². The van der Waals surface area contributed by atoms with E-state index >= 15 is 0 Å². The van der Waals surface area contributed by atoms with Crippen molar-refractivity contribution in [3.63, 3.8) is 0 Å². The van der Waals surface area contributed by atoms with Gasteiger partial charge in [0.05, 0.1) is 0 Å². The number of aliphatic hydroxyl groups is 1. The molecule has 1 atom stereocenters. The number of rotatable bonds is 2. The van der Waals surface area contributed by atoms with E-state index in [1.54, 1.807) is 0 Å². The van der Waals surface area contributed by atoms with Crippen LogP contribution in [0.3, 0.4) is 0 Å². The molecule has 0 spiro atoms. The largest absolute Gasteiger partial charge is 0.458 e. The quantitative estimate of drug-likeness (QED) is 0.770. The van der Waals surface area contributed by atoms with Crippen LogP contribution >= 0.6 is 0 Å². The van der Waals surface area contributed by atoms with Crippen molar-refractivity contribution in [2.45, 2.75) is 6.10 Å². The first-order valence-electron chi connectivity index (χ1n) is 5.62. The van der Waals surface area contributed by atoms with Crippen molar-refractivity contribution in [1.82, 2.24) is 4.98 Å². The molecule has 3 nitrogen and oxygen atoms in total. The molecule has 0 bridgehead atoms. The third-order valence-electron chi connectivity index (χ3n) is 2.81. The van der Waals surface area contributed by atoms with Gasteiger partial charge in [-0.3, -0.25) is 4.98 Å². The van der Waals surface area contributed by atoms with E-state index in [1.807, 2.05) is 0 Å². The van der Waals surface area contributed by atoms with E-state index < -0.39 is 17.7 Å². The fraction of sp³-hybridized carbons (Fsp3) is 0.0714. The molecular weight excluding hydrogens is 252 g/mol. The van der Waals surface area contributed by atoms with Crippen LogP contribution in [0.2, 0.25) is 0 Å². The molecule has 1 unspecified atom stereocenters. The minimum atomic E-state index is -1.32. The zero-order chi connectivity index (χ0) is 13.4. The number of fused-ring (bicyclic) bond motifs is 1. The van der Waals surface area contributed by atoms with E-state index in [9.17, 15) is 13.9 Å². The Balaban J connectivity index is 2.07. The SMILES string of the molecule is OC(c1cc2cc(F)ccc2o1)c1ncccc1F. The Morgan fingerprint density at radius 2 is 2.00 bits per heavy atom. The smallest absolute Gasteiger partial charge is 0.156 e. The summed E-state index contributed by atoms with van der Waals surface area (Å²) in [4.78, 5) is 3.78. The summed E-state index contributed by atoms with van der Waals surface area (Å²) >= 11 is 0. The molecule has 96 valence electrons. The van der Waals surface area contributed by atoms with Gasteiger partial charge in [-0.1, -0.05) is 0 Å². The standard InChI is InChI=1S/C14H9F2NO2/c15-9-3-4-11-8(6-9)7-12(19-11)14(18)13-10(16)2-1-5-17-13/h1-7,14,18H. The highest BCUT2D eigenvalue weighted by atomic mass is 19.1. The van der Waals surface area contributed by atoms with Crippen molar-refractivity contribution < 1.29 is 18.3 Å². The van der Waals surface area contributed by atoms with Crippen LogP contribution in [0.5, 0.6) is 0 Å². The van der Waals surface area contributed by atoms with Crippen LogP contribution in [0.15, 0.2) is 47.0 Å². The van der Waals surface area contributed by atoms with Gasteiger partial charge in [-0.15, -0.1) is 0 Å². The summed E-state index contributed by atoms with van der Waals surface area (Å²) in [6, 6.07) is 8.09. The number of aromatic nitrogens is 1. The molecule has 0 saturated heterocycles. The highest BCUT2D eigenvalue weighted by molar-refractivity contribution is 5.78. The summed E-state index contributed by atoms with van der Waals surface area (Å²) in [5, 5.41) is 10.6. The van der Waals surface area contributed by atoms with Gasteiger partial charge >= 0.3 is 0 Å². The first-order chi connectivity index (χ1) is 9.15. The topological polar surface area (TPSA) is 46.3 Å². The molecule has 19 heavy (non-hydrogen) atoms. The summed E-state index contributed by atoms with van der Waals surface area (Å²) in [7, 11) is 0. The normalized spacial score (nSPS) is 12.8. The van der Waals surface area contributed by atoms with Crippen LogP contribution in [0.4, 0.5) is 8.78 Å². The zero-order valence-electron chi connectivity index (χ0n) is 9.68. The number of benzene rings is 1. The predicted molar refractivity (Wildman–Crippen MR) is 64.4 cm³/mol. The monoisotopic (exact) mass is 261 g/mol. The maximum absolute atomic E-state index is 13.5. The number of aliphatic hydroxyl groups excluding tert-OH is 1. The molecular formula is C14H9F2NO2. The lowest BCUT2D eigenvalue weighted by Gasteiger charge is -2.07. The summed E-state index contributed by atoms with van der Waals surface area (Å²) in [5.74, 6) is -0.904. The molecule has 0 aliphatic carbocycles. The summed E-state index contributed by atoms with van der Waals surface area (Å²) in [6.45, 7) is 0. The summed E-state index contributed by atoms with van der Waals surface area (Å²) in [5.41, 5.74) is 0.300. The van der Waals surface area contributed by atoms with E-state index in [0.717, 1.165) is 0 Å². The van der Waals surface area contributed by atoms with E-state index in [1.165, 1.54) is 42.6 Å². The van der Waals surface area contributed by atoms with Gasteiger partial charge in [-0.25, -0.2) is 8.78 Å². The average molecular weight is 261 g/mol. The molecule has 2 aromatic heterocycles. The molecule has 0 aliphatic heterocycles. The third kappa shape index (κ3) is 2.08. The van der Waals surface area contributed by atoms with Crippen molar-refractivity contribution >= 4 is 11.0 Å². The highest BCUT2D eigenvalue weighted by Gasteiger charge is 2.20. The number of hydrogen-bond acceptors (Lipinski definition) is 3. The van der Waals surface area contributed by atoms with Gasteiger partial charge in [-0.2, -0.15) is 0 Å². The van der Waals surface area contributed by atoms with E-state index in [2.05, 4.69) is 4.98 Å². The molecule has 0 amide bonds. The predicted octanol–water partition coefficient (Wildman–Crippen LogP) is 3.19. The van der Waals surface area contributed by atoms with Gasteiger partial charge in [0.2, 0.25) is 0 Å². The average Bonchev–Trinajstić information content (AvgIpc) is 2.81. The highest BCUT2D eigenvalue weighted by Crippen LogP contribution is 2.28. The van der Waals surface area contributed by atoms with Gasteiger partial charge in [-0.05, 0) is 36.4 Å². The lowest BCUT2D eigenvalue weighted by Crippen LogP contribution is -2.03. The number of furan rings is 1. The molecule has 0 fully saturated rings. The van der Waals surface area contributed by atoms with E-state index in [-0.39, 0.29) is 11.5 Å². The Hall–Kier alpha value is -2.27. The zero-order valence-corrected chi connectivity index (χ0v) is 9.68.